The van der Waals surface area contributed by atoms with Crippen molar-refractivity contribution < 1.29 is 60.2 Å². The highest BCUT2D eigenvalue weighted by atomic mass is 16.7. The van der Waals surface area contributed by atoms with Gasteiger partial charge in [0.25, 0.3) is 0 Å². The largest absolute Gasteiger partial charge is 0.508 e. The van der Waals surface area contributed by atoms with Crippen LogP contribution in [0.25, 0.3) is 5.76 Å². The number of phenols is 3. The molecule has 0 bridgehead atoms. The van der Waals surface area contributed by atoms with Gasteiger partial charge in [0, 0.05) is 23.3 Å². The molecule has 1 aromatic rings. The molecule has 2 aliphatic heterocycles. The standard InChI is InChI=1S/C21H22O12/c22-6-15-17(28)18(29)19(30)21(33-15)32-14-5-9-10(24)3-8(23)4-13(9)31-20(14)7-1-11(25)16(27)12(26)2-7/h1-5,13,15,17-19,21-30H,6H2/t13?,15-,17-,18+,19-,21-/m1/s1. The van der Waals surface area contributed by atoms with Crippen molar-refractivity contribution in [2.75, 3.05) is 6.61 Å². The topological polar surface area (TPSA) is 210 Å². The number of aliphatic hydroxyl groups is 6. The van der Waals surface area contributed by atoms with E-state index in [0.29, 0.717) is 0 Å². The first-order chi connectivity index (χ1) is 15.6. The minimum Gasteiger partial charge on any atom is -0.508 e. The molecule has 12 nitrogen and oxygen atoms in total. The van der Waals surface area contributed by atoms with Gasteiger partial charge in [-0.15, -0.1) is 0 Å². The summed E-state index contributed by atoms with van der Waals surface area (Å²) in [5.41, 5.74) is 0.142. The van der Waals surface area contributed by atoms with Crippen molar-refractivity contribution in [2.45, 2.75) is 36.8 Å². The first kappa shape index (κ1) is 22.8. The van der Waals surface area contributed by atoms with Crippen LogP contribution in [-0.2, 0) is 14.2 Å². The Morgan fingerprint density at radius 2 is 1.55 bits per heavy atom. The van der Waals surface area contributed by atoms with Crippen LogP contribution in [0.15, 0.2) is 53.2 Å². The van der Waals surface area contributed by atoms with E-state index in [1.807, 2.05) is 0 Å². The third-order valence-corrected chi connectivity index (χ3v) is 5.39. The maximum Gasteiger partial charge on any atom is 0.229 e. The number of hydrogen-bond donors (Lipinski definition) is 9. The van der Waals surface area contributed by atoms with Crippen molar-refractivity contribution in [1.29, 1.82) is 0 Å². The van der Waals surface area contributed by atoms with E-state index in [0.717, 1.165) is 18.2 Å². The van der Waals surface area contributed by atoms with E-state index < -0.39 is 60.7 Å². The van der Waals surface area contributed by atoms with Gasteiger partial charge in [0.15, 0.2) is 28.8 Å². The van der Waals surface area contributed by atoms with Gasteiger partial charge >= 0.3 is 0 Å². The minimum absolute atomic E-state index is 0.000349. The SMILES string of the molecule is OC[C@H]1O[C@@H](OC2=C(c3cc(O)c(O)c(O)c3)OC3C=C(O)C=C(O)C3=C2)[C@H](O)[C@@H](O)[C@@H]1O. The molecule has 1 fully saturated rings. The van der Waals surface area contributed by atoms with Gasteiger partial charge in [-0.05, 0) is 18.2 Å². The van der Waals surface area contributed by atoms with E-state index in [2.05, 4.69) is 0 Å². The zero-order valence-electron chi connectivity index (χ0n) is 16.8. The van der Waals surface area contributed by atoms with Gasteiger partial charge in [-0.3, -0.25) is 0 Å². The lowest BCUT2D eigenvalue weighted by Gasteiger charge is -2.40. The first-order valence-corrected chi connectivity index (χ1v) is 9.77. The molecule has 4 rings (SSSR count). The molecule has 1 unspecified atom stereocenters. The fourth-order valence-corrected chi connectivity index (χ4v) is 3.63. The van der Waals surface area contributed by atoms with Gasteiger partial charge in [0.1, 0.15) is 42.0 Å². The molecule has 3 aliphatic rings. The summed E-state index contributed by atoms with van der Waals surface area (Å²) in [4.78, 5) is 0. The molecule has 1 aliphatic carbocycles. The fourth-order valence-electron chi connectivity index (χ4n) is 3.63. The van der Waals surface area contributed by atoms with Gasteiger partial charge in [-0.1, -0.05) is 0 Å². The molecule has 0 amide bonds. The van der Waals surface area contributed by atoms with Crippen LogP contribution in [0.1, 0.15) is 5.56 Å². The van der Waals surface area contributed by atoms with Crippen molar-refractivity contribution in [1.82, 2.24) is 0 Å². The predicted octanol–water partition coefficient (Wildman–Crippen LogP) is -0.489. The maximum atomic E-state index is 10.3. The van der Waals surface area contributed by atoms with E-state index in [-0.39, 0.29) is 34.2 Å². The Hall–Kier alpha value is -3.42. The summed E-state index contributed by atoms with van der Waals surface area (Å²) in [5, 5.41) is 89.2. The lowest BCUT2D eigenvalue weighted by Crippen LogP contribution is -2.59. The van der Waals surface area contributed by atoms with Crippen molar-refractivity contribution in [3.63, 3.8) is 0 Å². The summed E-state index contributed by atoms with van der Waals surface area (Å²) in [5.74, 6) is -3.16. The summed E-state index contributed by atoms with van der Waals surface area (Å²) >= 11 is 0. The Bertz CT molecular complexity index is 1050. The van der Waals surface area contributed by atoms with Gasteiger partial charge in [0.05, 0.1) is 6.61 Å². The van der Waals surface area contributed by atoms with Crippen molar-refractivity contribution in [2.24, 2.45) is 0 Å². The van der Waals surface area contributed by atoms with Crippen LogP contribution < -0.4 is 0 Å². The van der Waals surface area contributed by atoms with Crippen LogP contribution in [0, 0.1) is 0 Å². The number of allylic oxidation sites excluding steroid dienone is 2. The molecular weight excluding hydrogens is 444 g/mol. The van der Waals surface area contributed by atoms with Gasteiger partial charge in [-0.25, -0.2) is 0 Å². The molecule has 0 saturated carbocycles. The number of ether oxygens (including phenoxy) is 3. The van der Waals surface area contributed by atoms with Gasteiger partial charge in [0.2, 0.25) is 6.29 Å². The molecule has 9 N–H and O–H groups in total. The number of benzene rings is 1. The van der Waals surface area contributed by atoms with Crippen molar-refractivity contribution in [3.05, 3.63) is 58.8 Å². The molecule has 2 heterocycles. The molecule has 33 heavy (non-hydrogen) atoms. The molecule has 0 aromatic heterocycles. The fraction of sp³-hybridized carbons (Fsp3) is 0.333. The van der Waals surface area contributed by atoms with Crippen molar-refractivity contribution >= 4 is 5.76 Å². The van der Waals surface area contributed by atoms with Gasteiger partial charge in [-0.2, -0.15) is 0 Å². The van der Waals surface area contributed by atoms with Crippen LogP contribution in [-0.4, -0.2) is 89.4 Å². The summed E-state index contributed by atoms with van der Waals surface area (Å²) in [6, 6.07) is 2.09. The van der Waals surface area contributed by atoms with Gasteiger partial charge < -0.3 is 60.2 Å². The monoisotopic (exact) mass is 466 g/mol. The highest BCUT2D eigenvalue weighted by Gasteiger charge is 2.45. The number of phenolic OH excluding ortho intramolecular Hbond substituents is 3. The Morgan fingerprint density at radius 1 is 0.879 bits per heavy atom. The number of aromatic hydroxyl groups is 3. The van der Waals surface area contributed by atoms with Crippen LogP contribution >= 0.6 is 0 Å². The maximum absolute atomic E-state index is 10.3. The van der Waals surface area contributed by atoms with Crippen LogP contribution in [0.5, 0.6) is 17.2 Å². The Labute approximate surface area is 186 Å². The van der Waals surface area contributed by atoms with Crippen molar-refractivity contribution in [3.8, 4) is 17.2 Å². The average molecular weight is 466 g/mol. The number of hydrogen-bond acceptors (Lipinski definition) is 12. The van der Waals surface area contributed by atoms with E-state index in [4.69, 9.17) is 14.2 Å². The summed E-state index contributed by atoms with van der Waals surface area (Å²) < 4.78 is 16.8. The molecule has 178 valence electrons. The number of rotatable bonds is 4. The number of fused-ring (bicyclic) bond motifs is 1. The highest BCUT2D eigenvalue weighted by molar-refractivity contribution is 5.72. The molecule has 6 atom stereocenters. The third kappa shape index (κ3) is 4.05. The van der Waals surface area contributed by atoms with Crippen LogP contribution in [0.4, 0.5) is 0 Å². The quantitative estimate of drug-likeness (QED) is 0.257. The molecular formula is C21H22O12. The minimum atomic E-state index is -1.76. The lowest BCUT2D eigenvalue weighted by molar-refractivity contribution is -0.290. The zero-order valence-corrected chi connectivity index (χ0v) is 16.8. The van der Waals surface area contributed by atoms with E-state index in [1.54, 1.807) is 0 Å². The molecule has 1 saturated heterocycles. The highest BCUT2D eigenvalue weighted by Crippen LogP contribution is 2.42. The predicted molar refractivity (Wildman–Crippen MR) is 108 cm³/mol. The summed E-state index contributed by atoms with van der Waals surface area (Å²) in [6.45, 7) is -0.691. The normalized spacial score (nSPS) is 31.7. The van der Waals surface area contributed by atoms with E-state index >= 15 is 0 Å². The second-order valence-corrected chi connectivity index (χ2v) is 7.63. The summed E-state index contributed by atoms with van der Waals surface area (Å²) in [7, 11) is 0. The molecule has 1 aromatic carbocycles. The molecule has 0 radical (unpaired) electrons. The van der Waals surface area contributed by atoms with Crippen LogP contribution in [0.2, 0.25) is 0 Å². The smallest absolute Gasteiger partial charge is 0.229 e. The van der Waals surface area contributed by atoms with Crippen LogP contribution in [0.3, 0.4) is 0 Å². The molecule has 12 heteroatoms. The Balaban J connectivity index is 1.79. The molecule has 0 spiro atoms. The second kappa shape index (κ2) is 8.50. The van der Waals surface area contributed by atoms with E-state index in [1.165, 1.54) is 12.2 Å². The third-order valence-electron chi connectivity index (χ3n) is 5.39. The Morgan fingerprint density at radius 3 is 2.18 bits per heavy atom. The first-order valence-electron chi connectivity index (χ1n) is 9.77. The lowest BCUT2D eigenvalue weighted by atomic mass is 9.96. The summed E-state index contributed by atoms with van der Waals surface area (Å²) in [6.07, 6.45) is -5.38. The average Bonchev–Trinajstić information content (AvgIpc) is 2.77. The Kier molecular flexibility index (Phi) is 5.86. The zero-order chi connectivity index (χ0) is 24.0. The van der Waals surface area contributed by atoms with E-state index in [9.17, 15) is 46.0 Å². The number of aliphatic hydroxyl groups excluding tert-OH is 6. The second-order valence-electron chi connectivity index (χ2n) is 7.63.